The first kappa shape index (κ1) is 13.3. The van der Waals surface area contributed by atoms with Gasteiger partial charge in [0.15, 0.2) is 5.78 Å². The summed E-state index contributed by atoms with van der Waals surface area (Å²) in [4.78, 5) is 23.3. The summed E-state index contributed by atoms with van der Waals surface area (Å²) in [5, 5.41) is 11.0. The van der Waals surface area contributed by atoms with E-state index >= 15 is 0 Å². The van der Waals surface area contributed by atoms with Gasteiger partial charge in [-0.25, -0.2) is 0 Å². The third kappa shape index (κ3) is 2.66. The van der Waals surface area contributed by atoms with Crippen LogP contribution in [0.4, 0.5) is 5.69 Å². The zero-order valence-corrected chi connectivity index (χ0v) is 11.0. The molecule has 0 bridgehead atoms. The highest BCUT2D eigenvalue weighted by molar-refractivity contribution is 7.98. The Hall–Kier alpha value is -2.14. The van der Waals surface area contributed by atoms with Crippen LogP contribution in [0.1, 0.15) is 15.9 Å². The Labute approximate surface area is 114 Å². The Balaban J connectivity index is 2.54. The lowest BCUT2D eigenvalue weighted by Gasteiger charge is -2.07. The van der Waals surface area contributed by atoms with E-state index in [1.165, 1.54) is 23.9 Å². The summed E-state index contributed by atoms with van der Waals surface area (Å²) in [6.45, 7) is 0. The number of hydrogen-bond donors (Lipinski definition) is 0. The van der Waals surface area contributed by atoms with Crippen molar-refractivity contribution < 1.29 is 9.72 Å². The molecule has 0 spiro atoms. The van der Waals surface area contributed by atoms with E-state index in [1.807, 2.05) is 6.07 Å². The van der Waals surface area contributed by atoms with Gasteiger partial charge in [0.25, 0.3) is 5.69 Å². The lowest BCUT2D eigenvalue weighted by Crippen LogP contribution is -2.04. The minimum absolute atomic E-state index is 0.0331. The fourth-order valence-corrected chi connectivity index (χ4v) is 2.54. The quantitative estimate of drug-likeness (QED) is 0.370. The number of benzene rings is 2. The summed E-state index contributed by atoms with van der Waals surface area (Å²) in [6.07, 6.45) is 1.73. The van der Waals surface area contributed by atoms with Gasteiger partial charge in [0.2, 0.25) is 0 Å². The molecule has 0 radical (unpaired) electrons. The molecule has 0 saturated carbocycles. The van der Waals surface area contributed by atoms with Crippen LogP contribution in [0, 0.1) is 10.1 Å². The first-order chi connectivity index (χ1) is 9.15. The maximum absolute atomic E-state index is 12.4. The largest absolute Gasteiger partial charge is 0.289 e. The van der Waals surface area contributed by atoms with Gasteiger partial charge in [0.05, 0.1) is 9.82 Å². The highest BCUT2D eigenvalue weighted by Crippen LogP contribution is 2.32. The van der Waals surface area contributed by atoms with E-state index in [0.29, 0.717) is 16.0 Å². The molecule has 2 aromatic carbocycles. The van der Waals surface area contributed by atoms with E-state index in [0.717, 1.165) is 0 Å². The molecule has 0 aliphatic heterocycles. The molecule has 0 saturated heterocycles. The Bertz CT molecular complexity index is 626. The standard InChI is InChI=1S/C14H11NO3S/c1-19-14-11(8-5-9-12(14)15(17)18)13(16)10-6-3-2-4-7-10/h2-9H,1H3. The highest BCUT2D eigenvalue weighted by Gasteiger charge is 2.21. The molecule has 0 aliphatic carbocycles. The topological polar surface area (TPSA) is 60.2 Å². The minimum Gasteiger partial charge on any atom is -0.289 e. The van der Waals surface area contributed by atoms with Crippen molar-refractivity contribution in [3.63, 3.8) is 0 Å². The summed E-state index contributed by atoms with van der Waals surface area (Å²) >= 11 is 1.21. The summed E-state index contributed by atoms with van der Waals surface area (Å²) in [5.74, 6) is -0.200. The van der Waals surface area contributed by atoms with Gasteiger partial charge in [-0.05, 0) is 12.3 Å². The monoisotopic (exact) mass is 273 g/mol. The van der Waals surface area contributed by atoms with Gasteiger partial charge in [-0.1, -0.05) is 36.4 Å². The molecule has 0 aromatic heterocycles. The second-order valence-electron chi connectivity index (χ2n) is 3.81. The first-order valence-electron chi connectivity index (χ1n) is 5.56. The molecule has 2 rings (SSSR count). The van der Waals surface area contributed by atoms with Crippen LogP contribution in [0.15, 0.2) is 53.4 Å². The number of nitro groups is 1. The van der Waals surface area contributed by atoms with E-state index in [4.69, 9.17) is 0 Å². The Kier molecular flexibility index (Phi) is 3.97. The van der Waals surface area contributed by atoms with Crippen LogP contribution >= 0.6 is 11.8 Å². The van der Waals surface area contributed by atoms with Gasteiger partial charge in [0, 0.05) is 17.2 Å². The molecule has 0 unspecified atom stereocenters. The zero-order chi connectivity index (χ0) is 13.8. The van der Waals surface area contributed by atoms with E-state index in [2.05, 4.69) is 0 Å². The van der Waals surface area contributed by atoms with Crippen molar-refractivity contribution in [2.24, 2.45) is 0 Å². The molecule has 4 nitrogen and oxygen atoms in total. The Morgan fingerprint density at radius 3 is 2.37 bits per heavy atom. The average molecular weight is 273 g/mol. The predicted octanol–water partition coefficient (Wildman–Crippen LogP) is 3.55. The fraction of sp³-hybridized carbons (Fsp3) is 0.0714. The summed E-state index contributed by atoms with van der Waals surface area (Å²) in [6, 6.07) is 13.3. The molecular formula is C14H11NO3S. The van der Waals surface area contributed by atoms with E-state index in [-0.39, 0.29) is 11.5 Å². The third-order valence-corrected chi connectivity index (χ3v) is 3.51. The first-order valence-corrected chi connectivity index (χ1v) is 6.78. The van der Waals surface area contributed by atoms with Crippen molar-refractivity contribution in [3.8, 4) is 0 Å². The second kappa shape index (κ2) is 5.67. The number of ketones is 1. The van der Waals surface area contributed by atoms with E-state index < -0.39 is 4.92 Å². The van der Waals surface area contributed by atoms with Gasteiger partial charge in [-0.2, -0.15) is 0 Å². The molecule has 2 aromatic rings. The van der Waals surface area contributed by atoms with Crippen molar-refractivity contribution in [1.29, 1.82) is 0 Å². The van der Waals surface area contributed by atoms with Crippen LogP contribution < -0.4 is 0 Å². The number of rotatable bonds is 4. The lowest BCUT2D eigenvalue weighted by atomic mass is 10.0. The Morgan fingerprint density at radius 2 is 1.79 bits per heavy atom. The Morgan fingerprint density at radius 1 is 1.11 bits per heavy atom. The molecule has 0 fully saturated rings. The lowest BCUT2D eigenvalue weighted by molar-refractivity contribution is -0.387. The molecule has 0 N–H and O–H groups in total. The van der Waals surface area contributed by atoms with Gasteiger partial charge in [0.1, 0.15) is 0 Å². The van der Waals surface area contributed by atoms with Gasteiger partial charge < -0.3 is 0 Å². The molecule has 0 amide bonds. The van der Waals surface area contributed by atoms with Crippen molar-refractivity contribution in [2.75, 3.05) is 6.26 Å². The SMILES string of the molecule is CSc1c(C(=O)c2ccccc2)cccc1[N+](=O)[O-]. The van der Waals surface area contributed by atoms with Crippen LogP contribution in [0.2, 0.25) is 0 Å². The fourth-order valence-electron chi connectivity index (χ4n) is 1.81. The molecule has 0 aliphatic rings. The summed E-state index contributed by atoms with van der Waals surface area (Å²) in [7, 11) is 0. The van der Waals surface area contributed by atoms with Crippen LogP contribution in [0.5, 0.6) is 0 Å². The van der Waals surface area contributed by atoms with Crippen LogP contribution in [0.25, 0.3) is 0 Å². The third-order valence-electron chi connectivity index (χ3n) is 2.68. The van der Waals surface area contributed by atoms with Crippen molar-refractivity contribution in [1.82, 2.24) is 0 Å². The highest BCUT2D eigenvalue weighted by atomic mass is 32.2. The van der Waals surface area contributed by atoms with Crippen molar-refractivity contribution in [2.45, 2.75) is 4.90 Å². The number of nitrogens with zero attached hydrogens (tertiary/aromatic N) is 1. The molecular weight excluding hydrogens is 262 g/mol. The van der Waals surface area contributed by atoms with E-state index in [1.54, 1.807) is 36.6 Å². The predicted molar refractivity (Wildman–Crippen MR) is 74.8 cm³/mol. The molecule has 5 heteroatoms. The van der Waals surface area contributed by atoms with Gasteiger partial charge in [-0.3, -0.25) is 14.9 Å². The molecule has 0 heterocycles. The van der Waals surface area contributed by atoms with E-state index in [9.17, 15) is 14.9 Å². The van der Waals surface area contributed by atoms with Crippen LogP contribution in [-0.4, -0.2) is 17.0 Å². The molecule has 96 valence electrons. The zero-order valence-electron chi connectivity index (χ0n) is 10.2. The second-order valence-corrected chi connectivity index (χ2v) is 4.63. The molecule has 0 atom stereocenters. The maximum atomic E-state index is 12.4. The number of carbonyl (C=O) groups is 1. The average Bonchev–Trinajstić information content (AvgIpc) is 2.46. The van der Waals surface area contributed by atoms with Crippen LogP contribution in [0.3, 0.4) is 0 Å². The van der Waals surface area contributed by atoms with Crippen molar-refractivity contribution >= 4 is 23.2 Å². The summed E-state index contributed by atoms with van der Waals surface area (Å²) in [5.41, 5.74) is 0.862. The summed E-state index contributed by atoms with van der Waals surface area (Å²) < 4.78 is 0. The maximum Gasteiger partial charge on any atom is 0.283 e. The number of nitro benzene ring substituents is 1. The van der Waals surface area contributed by atoms with Gasteiger partial charge >= 0.3 is 0 Å². The normalized spacial score (nSPS) is 10.2. The molecule has 19 heavy (non-hydrogen) atoms. The van der Waals surface area contributed by atoms with Gasteiger partial charge in [-0.15, -0.1) is 11.8 Å². The smallest absolute Gasteiger partial charge is 0.283 e. The number of carbonyl (C=O) groups excluding carboxylic acids is 1. The number of hydrogen-bond acceptors (Lipinski definition) is 4. The number of thioether (sulfide) groups is 1. The van der Waals surface area contributed by atoms with Crippen LogP contribution in [-0.2, 0) is 0 Å². The van der Waals surface area contributed by atoms with Crippen molar-refractivity contribution in [3.05, 3.63) is 69.8 Å². The minimum atomic E-state index is -0.465.